The third-order valence-electron chi connectivity index (χ3n) is 2.95. The second kappa shape index (κ2) is 4.51. The molecule has 1 aliphatic rings. The molecule has 0 radical (unpaired) electrons. The maximum absolute atomic E-state index is 13.8. The number of sulfonamides is 2. The average molecular weight is 308 g/mol. The Bertz CT molecular complexity index is 711. The van der Waals surface area contributed by atoms with Gasteiger partial charge in [0.05, 0.1) is 4.90 Å². The van der Waals surface area contributed by atoms with Crippen molar-refractivity contribution in [3.63, 3.8) is 0 Å². The predicted octanol–water partition coefficient (Wildman–Crippen LogP) is 0.256. The molecule has 0 amide bonds. The van der Waals surface area contributed by atoms with Gasteiger partial charge in [-0.2, -0.15) is 4.31 Å². The van der Waals surface area contributed by atoms with Gasteiger partial charge in [0, 0.05) is 13.1 Å². The quantitative estimate of drug-likeness (QED) is 0.862. The Balaban J connectivity index is 2.47. The van der Waals surface area contributed by atoms with Gasteiger partial charge in [0.1, 0.15) is 10.7 Å². The molecule has 1 aliphatic carbocycles. The lowest BCUT2D eigenvalue weighted by Crippen LogP contribution is -2.29. The van der Waals surface area contributed by atoms with E-state index in [1.165, 1.54) is 7.05 Å². The number of hydrogen-bond acceptors (Lipinski definition) is 4. The maximum atomic E-state index is 13.8. The van der Waals surface area contributed by atoms with E-state index in [1.54, 1.807) is 0 Å². The zero-order valence-corrected chi connectivity index (χ0v) is 11.7. The summed E-state index contributed by atoms with van der Waals surface area (Å²) in [5.74, 6) is -1.13. The Kier molecular flexibility index (Phi) is 3.42. The van der Waals surface area contributed by atoms with Crippen molar-refractivity contribution in [2.45, 2.75) is 28.7 Å². The summed E-state index contributed by atoms with van der Waals surface area (Å²) in [6, 6.07) is 2.40. The van der Waals surface area contributed by atoms with Crippen LogP contribution in [0.15, 0.2) is 28.0 Å². The zero-order valence-electron chi connectivity index (χ0n) is 10.1. The minimum atomic E-state index is -4.06. The summed E-state index contributed by atoms with van der Waals surface area (Å²) in [6.45, 7) is 0. The van der Waals surface area contributed by atoms with Crippen LogP contribution in [0.1, 0.15) is 12.8 Å². The van der Waals surface area contributed by atoms with Crippen LogP contribution in [0.25, 0.3) is 0 Å². The van der Waals surface area contributed by atoms with Crippen molar-refractivity contribution in [1.29, 1.82) is 0 Å². The molecule has 1 fully saturated rings. The lowest BCUT2D eigenvalue weighted by molar-refractivity contribution is 0.457. The fourth-order valence-corrected chi connectivity index (χ4v) is 3.64. The highest BCUT2D eigenvalue weighted by Crippen LogP contribution is 2.31. The van der Waals surface area contributed by atoms with E-state index < -0.39 is 35.7 Å². The van der Waals surface area contributed by atoms with Crippen LogP contribution in [0.2, 0.25) is 0 Å². The summed E-state index contributed by atoms with van der Waals surface area (Å²) in [7, 11) is -6.63. The van der Waals surface area contributed by atoms with Crippen molar-refractivity contribution in [3.05, 3.63) is 24.0 Å². The number of hydrogen-bond donors (Lipinski definition) is 1. The average Bonchev–Trinajstić information content (AvgIpc) is 3.10. The molecule has 0 bridgehead atoms. The summed E-state index contributed by atoms with van der Waals surface area (Å²) in [5, 5.41) is 4.85. The van der Waals surface area contributed by atoms with Crippen molar-refractivity contribution in [2.75, 3.05) is 7.05 Å². The Morgan fingerprint density at radius 3 is 2.26 bits per heavy atom. The Labute approximate surface area is 111 Å². The highest BCUT2D eigenvalue weighted by molar-refractivity contribution is 7.89. The number of halogens is 1. The van der Waals surface area contributed by atoms with Crippen LogP contribution < -0.4 is 5.14 Å². The van der Waals surface area contributed by atoms with E-state index in [-0.39, 0.29) is 6.04 Å². The van der Waals surface area contributed by atoms with Crippen molar-refractivity contribution < 1.29 is 21.2 Å². The fraction of sp³-hybridized carbons (Fsp3) is 0.400. The van der Waals surface area contributed by atoms with Gasteiger partial charge in [-0.25, -0.2) is 26.4 Å². The topological polar surface area (TPSA) is 97.5 Å². The van der Waals surface area contributed by atoms with Gasteiger partial charge in [-0.1, -0.05) is 0 Å². The van der Waals surface area contributed by atoms with Crippen LogP contribution in [0, 0.1) is 5.82 Å². The van der Waals surface area contributed by atoms with Gasteiger partial charge in [0.2, 0.25) is 20.0 Å². The molecule has 2 rings (SSSR count). The van der Waals surface area contributed by atoms with Crippen LogP contribution >= 0.6 is 0 Å². The SMILES string of the molecule is CN(C1CC1)S(=O)(=O)c1ccc(S(N)(=O)=O)cc1F. The van der Waals surface area contributed by atoms with Crippen LogP contribution in [0.3, 0.4) is 0 Å². The molecule has 19 heavy (non-hydrogen) atoms. The number of primary sulfonamides is 1. The third kappa shape index (κ3) is 2.78. The standard InChI is InChI=1S/C10H13FN2O4S2/c1-13(7-2-3-7)19(16,17)10-5-4-8(6-9(10)11)18(12,14)15/h4-7H,2-3H2,1H3,(H2,12,14,15). The summed E-state index contributed by atoms with van der Waals surface area (Å²) < 4.78 is 61.2. The van der Waals surface area contributed by atoms with Gasteiger partial charge in [-0.05, 0) is 31.0 Å². The summed E-state index contributed by atoms with van der Waals surface area (Å²) in [5.41, 5.74) is 0. The number of benzene rings is 1. The molecule has 9 heteroatoms. The van der Waals surface area contributed by atoms with Gasteiger partial charge in [-0.3, -0.25) is 0 Å². The van der Waals surface area contributed by atoms with E-state index in [9.17, 15) is 21.2 Å². The van der Waals surface area contributed by atoms with E-state index in [1.807, 2.05) is 0 Å². The van der Waals surface area contributed by atoms with Gasteiger partial charge in [0.25, 0.3) is 0 Å². The largest absolute Gasteiger partial charge is 0.245 e. The normalized spacial score (nSPS) is 16.8. The molecule has 0 atom stereocenters. The highest BCUT2D eigenvalue weighted by Gasteiger charge is 2.36. The first-order valence-corrected chi connectivity index (χ1v) is 8.43. The molecule has 0 aliphatic heterocycles. The van der Waals surface area contributed by atoms with E-state index in [4.69, 9.17) is 5.14 Å². The Hall–Kier alpha value is -1.03. The third-order valence-corrected chi connectivity index (χ3v) is 5.80. The molecular formula is C10H13FN2O4S2. The molecule has 0 aromatic heterocycles. The van der Waals surface area contributed by atoms with Gasteiger partial charge < -0.3 is 0 Å². The molecule has 0 spiro atoms. The Morgan fingerprint density at radius 1 is 1.26 bits per heavy atom. The number of rotatable bonds is 4. The first-order chi connectivity index (χ1) is 8.64. The van der Waals surface area contributed by atoms with Crippen molar-refractivity contribution in [1.82, 2.24) is 4.31 Å². The van der Waals surface area contributed by atoms with E-state index >= 15 is 0 Å². The predicted molar refractivity (Wildman–Crippen MR) is 65.7 cm³/mol. The first kappa shape index (κ1) is 14.4. The molecule has 0 unspecified atom stereocenters. The molecule has 6 nitrogen and oxygen atoms in total. The number of nitrogens with zero attached hydrogens (tertiary/aromatic N) is 1. The molecule has 1 aromatic rings. The van der Waals surface area contributed by atoms with E-state index in [2.05, 4.69) is 0 Å². The van der Waals surface area contributed by atoms with Gasteiger partial charge >= 0.3 is 0 Å². The van der Waals surface area contributed by atoms with E-state index in [0.717, 1.165) is 29.3 Å². The van der Waals surface area contributed by atoms with Crippen LogP contribution in [-0.4, -0.2) is 34.2 Å². The molecule has 0 heterocycles. The van der Waals surface area contributed by atoms with Crippen LogP contribution in [0.4, 0.5) is 4.39 Å². The zero-order chi connectivity index (χ0) is 14.4. The van der Waals surface area contributed by atoms with Crippen molar-refractivity contribution in [3.8, 4) is 0 Å². The molecule has 106 valence electrons. The van der Waals surface area contributed by atoms with Crippen molar-refractivity contribution in [2.24, 2.45) is 5.14 Å². The second-order valence-corrected chi connectivity index (χ2v) is 7.92. The summed E-state index contributed by atoms with van der Waals surface area (Å²) >= 11 is 0. The number of nitrogens with two attached hydrogens (primary N) is 1. The van der Waals surface area contributed by atoms with Crippen LogP contribution in [-0.2, 0) is 20.0 Å². The summed E-state index contributed by atoms with van der Waals surface area (Å²) in [4.78, 5) is -1.01. The van der Waals surface area contributed by atoms with Crippen LogP contribution in [0.5, 0.6) is 0 Å². The maximum Gasteiger partial charge on any atom is 0.245 e. The second-order valence-electron chi connectivity index (χ2n) is 4.39. The molecule has 0 saturated heterocycles. The first-order valence-electron chi connectivity index (χ1n) is 5.44. The van der Waals surface area contributed by atoms with E-state index in [0.29, 0.717) is 6.07 Å². The minimum absolute atomic E-state index is 0.109. The minimum Gasteiger partial charge on any atom is -0.225 e. The molecule has 1 aromatic carbocycles. The molecule has 2 N–H and O–H groups in total. The lowest BCUT2D eigenvalue weighted by atomic mass is 10.3. The molecular weight excluding hydrogens is 295 g/mol. The van der Waals surface area contributed by atoms with Gasteiger partial charge in [0.15, 0.2) is 0 Å². The highest BCUT2D eigenvalue weighted by atomic mass is 32.2. The van der Waals surface area contributed by atoms with Gasteiger partial charge in [-0.15, -0.1) is 0 Å². The Morgan fingerprint density at radius 2 is 1.84 bits per heavy atom. The fourth-order valence-electron chi connectivity index (χ4n) is 1.66. The molecule has 1 saturated carbocycles. The smallest absolute Gasteiger partial charge is 0.225 e. The lowest BCUT2D eigenvalue weighted by Gasteiger charge is -2.16. The van der Waals surface area contributed by atoms with Crippen molar-refractivity contribution >= 4 is 20.0 Å². The summed E-state index contributed by atoms with van der Waals surface area (Å²) in [6.07, 6.45) is 1.49. The monoisotopic (exact) mass is 308 g/mol.